The highest BCUT2D eigenvalue weighted by Gasteiger charge is 2.02. The van der Waals surface area contributed by atoms with Gasteiger partial charge in [0.2, 0.25) is 0 Å². The summed E-state index contributed by atoms with van der Waals surface area (Å²) < 4.78 is 2.25. The lowest BCUT2D eigenvalue weighted by molar-refractivity contribution is 0.581. The number of benzene rings is 1. The van der Waals surface area contributed by atoms with Gasteiger partial charge in [-0.1, -0.05) is 57.9 Å². The van der Waals surface area contributed by atoms with Gasteiger partial charge in [0.1, 0.15) is 0 Å². The molecule has 0 aliphatic rings. The Labute approximate surface area is 134 Å². The molecule has 0 aliphatic heterocycles. The lowest BCUT2D eigenvalue weighted by Gasteiger charge is -2.10. The van der Waals surface area contributed by atoms with Crippen molar-refractivity contribution in [2.45, 2.75) is 58.3 Å². The van der Waals surface area contributed by atoms with Crippen LogP contribution in [0.15, 0.2) is 27.1 Å². The van der Waals surface area contributed by atoms with Gasteiger partial charge >= 0.3 is 0 Å². The maximum absolute atomic E-state index is 3.57. The zero-order valence-corrected chi connectivity index (χ0v) is 15.0. The zero-order chi connectivity index (χ0) is 13.9. The number of anilines is 1. The Kier molecular flexibility index (Phi) is 9.62. The van der Waals surface area contributed by atoms with Crippen LogP contribution in [-0.2, 0) is 0 Å². The maximum atomic E-state index is 3.57. The van der Waals surface area contributed by atoms with E-state index < -0.39 is 0 Å². The Morgan fingerprint density at radius 2 is 1.37 bits per heavy atom. The SMILES string of the molecule is CCCCCCCCCCNc1c(Br)cccc1Br. The lowest BCUT2D eigenvalue weighted by Crippen LogP contribution is -2.02. The fourth-order valence-corrected chi connectivity index (χ4v) is 3.42. The first-order valence-electron chi connectivity index (χ1n) is 7.43. The number of unbranched alkanes of at least 4 members (excludes halogenated alkanes) is 7. The van der Waals surface area contributed by atoms with Crippen molar-refractivity contribution in [2.75, 3.05) is 11.9 Å². The first kappa shape index (κ1) is 17.0. The van der Waals surface area contributed by atoms with Gasteiger partial charge in [0.15, 0.2) is 0 Å². The molecule has 0 spiro atoms. The molecule has 0 radical (unpaired) electrons. The zero-order valence-electron chi connectivity index (χ0n) is 11.9. The van der Waals surface area contributed by atoms with Crippen LogP contribution < -0.4 is 5.32 Å². The van der Waals surface area contributed by atoms with Crippen LogP contribution in [0.25, 0.3) is 0 Å². The summed E-state index contributed by atoms with van der Waals surface area (Å²) >= 11 is 7.15. The second-order valence-corrected chi connectivity index (χ2v) is 6.71. The van der Waals surface area contributed by atoms with Gasteiger partial charge in [0.25, 0.3) is 0 Å². The molecule has 1 nitrogen and oxygen atoms in total. The molecule has 1 rings (SSSR count). The van der Waals surface area contributed by atoms with E-state index in [-0.39, 0.29) is 0 Å². The van der Waals surface area contributed by atoms with E-state index in [1.54, 1.807) is 0 Å². The van der Waals surface area contributed by atoms with Crippen molar-refractivity contribution in [3.63, 3.8) is 0 Å². The maximum Gasteiger partial charge on any atom is 0.0628 e. The highest BCUT2D eigenvalue weighted by atomic mass is 79.9. The van der Waals surface area contributed by atoms with E-state index in [0.717, 1.165) is 15.5 Å². The van der Waals surface area contributed by atoms with Gasteiger partial charge in [0, 0.05) is 15.5 Å². The van der Waals surface area contributed by atoms with Gasteiger partial charge in [-0.3, -0.25) is 0 Å². The topological polar surface area (TPSA) is 12.0 Å². The average molecular weight is 391 g/mol. The van der Waals surface area contributed by atoms with Crippen LogP contribution in [0.2, 0.25) is 0 Å². The minimum atomic E-state index is 1.05. The molecule has 19 heavy (non-hydrogen) atoms. The summed E-state index contributed by atoms with van der Waals surface area (Å²) in [6.45, 7) is 3.32. The summed E-state index contributed by atoms with van der Waals surface area (Å²) in [6, 6.07) is 6.18. The predicted molar refractivity (Wildman–Crippen MR) is 92.9 cm³/mol. The van der Waals surface area contributed by atoms with Gasteiger partial charge in [-0.05, 0) is 50.4 Å². The van der Waals surface area contributed by atoms with Gasteiger partial charge in [-0.25, -0.2) is 0 Å². The average Bonchev–Trinajstić information content (AvgIpc) is 2.40. The molecule has 0 saturated carbocycles. The number of nitrogens with one attached hydrogen (secondary N) is 1. The summed E-state index contributed by atoms with van der Waals surface area (Å²) in [5.41, 5.74) is 1.17. The van der Waals surface area contributed by atoms with E-state index in [2.05, 4.69) is 56.2 Å². The highest BCUT2D eigenvalue weighted by Crippen LogP contribution is 2.30. The molecule has 0 amide bonds. The fraction of sp³-hybridized carbons (Fsp3) is 0.625. The third-order valence-electron chi connectivity index (χ3n) is 3.29. The predicted octanol–water partition coefficient (Wildman–Crippen LogP) is 6.76. The Balaban J connectivity index is 2.05. The number of halogens is 2. The molecule has 3 heteroatoms. The standard InChI is InChI=1S/C16H25Br2N/c1-2-3-4-5-6-7-8-9-13-19-16-14(17)11-10-12-15(16)18/h10-12,19H,2-9,13H2,1H3. The molecule has 0 aliphatic carbocycles. The lowest BCUT2D eigenvalue weighted by atomic mass is 10.1. The quantitative estimate of drug-likeness (QED) is 0.435. The normalized spacial score (nSPS) is 10.7. The summed E-state index contributed by atoms with van der Waals surface area (Å²) in [5.74, 6) is 0. The first-order valence-corrected chi connectivity index (χ1v) is 9.02. The molecule has 1 N–H and O–H groups in total. The first-order chi connectivity index (χ1) is 9.25. The van der Waals surface area contributed by atoms with Gasteiger partial charge < -0.3 is 5.32 Å². The Morgan fingerprint density at radius 1 is 0.842 bits per heavy atom. The van der Waals surface area contributed by atoms with Crippen LogP contribution in [-0.4, -0.2) is 6.54 Å². The summed E-state index contributed by atoms with van der Waals surface area (Å²) in [4.78, 5) is 0. The smallest absolute Gasteiger partial charge is 0.0628 e. The molecule has 1 aromatic rings. The Hall–Kier alpha value is -0.0200. The van der Waals surface area contributed by atoms with Crippen LogP contribution in [0, 0.1) is 0 Å². The number of rotatable bonds is 10. The molecular weight excluding hydrogens is 366 g/mol. The molecule has 0 bridgehead atoms. The minimum Gasteiger partial charge on any atom is -0.383 e. The van der Waals surface area contributed by atoms with Crippen molar-refractivity contribution < 1.29 is 0 Å². The van der Waals surface area contributed by atoms with Crippen LogP contribution in [0.5, 0.6) is 0 Å². The van der Waals surface area contributed by atoms with Crippen molar-refractivity contribution in [1.29, 1.82) is 0 Å². The van der Waals surface area contributed by atoms with E-state index in [0.29, 0.717) is 0 Å². The monoisotopic (exact) mass is 389 g/mol. The van der Waals surface area contributed by atoms with Crippen LogP contribution >= 0.6 is 31.9 Å². The van der Waals surface area contributed by atoms with Crippen molar-refractivity contribution in [1.82, 2.24) is 0 Å². The van der Waals surface area contributed by atoms with Crippen molar-refractivity contribution in [2.24, 2.45) is 0 Å². The van der Waals surface area contributed by atoms with Gasteiger partial charge in [0.05, 0.1) is 5.69 Å². The molecule has 0 heterocycles. The Morgan fingerprint density at radius 3 is 1.95 bits per heavy atom. The van der Waals surface area contributed by atoms with Gasteiger partial charge in [-0.15, -0.1) is 0 Å². The van der Waals surface area contributed by atoms with E-state index in [4.69, 9.17) is 0 Å². The number of hydrogen-bond acceptors (Lipinski definition) is 1. The van der Waals surface area contributed by atoms with E-state index in [1.807, 2.05) is 6.07 Å². The molecule has 0 aromatic heterocycles. The third-order valence-corrected chi connectivity index (χ3v) is 4.62. The molecule has 1 aromatic carbocycles. The van der Waals surface area contributed by atoms with E-state index in [9.17, 15) is 0 Å². The van der Waals surface area contributed by atoms with Gasteiger partial charge in [-0.2, -0.15) is 0 Å². The largest absolute Gasteiger partial charge is 0.383 e. The van der Waals surface area contributed by atoms with Crippen LogP contribution in [0.1, 0.15) is 58.3 Å². The van der Waals surface area contributed by atoms with E-state index in [1.165, 1.54) is 57.1 Å². The van der Waals surface area contributed by atoms with Crippen molar-refractivity contribution >= 4 is 37.5 Å². The summed E-state index contributed by atoms with van der Waals surface area (Å²) in [6.07, 6.45) is 10.9. The second-order valence-electron chi connectivity index (χ2n) is 5.00. The molecular formula is C16H25Br2N. The fourth-order valence-electron chi connectivity index (χ4n) is 2.14. The van der Waals surface area contributed by atoms with Crippen molar-refractivity contribution in [3.8, 4) is 0 Å². The molecule has 108 valence electrons. The van der Waals surface area contributed by atoms with Crippen LogP contribution in [0.4, 0.5) is 5.69 Å². The Bertz CT molecular complexity index is 332. The summed E-state index contributed by atoms with van der Waals surface area (Å²) in [5, 5.41) is 3.50. The molecule has 0 unspecified atom stereocenters. The number of para-hydroxylation sites is 1. The molecule has 0 atom stereocenters. The molecule has 0 saturated heterocycles. The van der Waals surface area contributed by atoms with Crippen molar-refractivity contribution in [3.05, 3.63) is 27.1 Å². The van der Waals surface area contributed by atoms with Crippen LogP contribution in [0.3, 0.4) is 0 Å². The highest BCUT2D eigenvalue weighted by molar-refractivity contribution is 9.11. The number of hydrogen-bond donors (Lipinski definition) is 1. The molecule has 0 fully saturated rings. The third kappa shape index (κ3) is 7.36. The second kappa shape index (κ2) is 10.7. The minimum absolute atomic E-state index is 1.05. The van der Waals surface area contributed by atoms with E-state index >= 15 is 0 Å². The summed E-state index contributed by atoms with van der Waals surface area (Å²) in [7, 11) is 0.